The second-order valence-electron chi connectivity index (χ2n) is 6.04. The first-order valence-electron chi connectivity index (χ1n) is 8.67. The Morgan fingerprint density at radius 3 is 2.37 bits per heavy atom. The number of hydrogen-bond donors (Lipinski definition) is 1. The summed E-state index contributed by atoms with van der Waals surface area (Å²) in [6.07, 6.45) is 0. The van der Waals surface area contributed by atoms with Crippen LogP contribution in [0.3, 0.4) is 0 Å². The SMILES string of the molecule is O=C(CSc1ccccc1)NCc1ccc(S(=O)(=O)N2CCOCC2)cc1. The lowest BCUT2D eigenvalue weighted by molar-refractivity contribution is -0.118. The summed E-state index contributed by atoms with van der Waals surface area (Å²) in [5.41, 5.74) is 0.856. The summed E-state index contributed by atoms with van der Waals surface area (Å²) in [6, 6.07) is 16.4. The third kappa shape index (κ3) is 5.55. The maximum absolute atomic E-state index is 12.6. The lowest BCUT2D eigenvalue weighted by Gasteiger charge is -2.26. The van der Waals surface area contributed by atoms with Crippen molar-refractivity contribution in [3.8, 4) is 0 Å². The lowest BCUT2D eigenvalue weighted by atomic mass is 10.2. The largest absolute Gasteiger partial charge is 0.379 e. The molecule has 1 amide bonds. The van der Waals surface area contributed by atoms with Crippen LogP contribution in [-0.2, 0) is 26.1 Å². The fourth-order valence-electron chi connectivity index (χ4n) is 2.63. The molecule has 0 aliphatic carbocycles. The van der Waals surface area contributed by atoms with E-state index in [2.05, 4.69) is 5.32 Å². The van der Waals surface area contributed by atoms with Gasteiger partial charge in [0.1, 0.15) is 0 Å². The molecule has 0 radical (unpaired) electrons. The van der Waals surface area contributed by atoms with Crippen LogP contribution in [0, 0.1) is 0 Å². The lowest BCUT2D eigenvalue weighted by Crippen LogP contribution is -2.40. The van der Waals surface area contributed by atoms with Crippen molar-refractivity contribution in [1.82, 2.24) is 9.62 Å². The Morgan fingerprint density at radius 2 is 1.70 bits per heavy atom. The van der Waals surface area contributed by atoms with Crippen LogP contribution in [0.15, 0.2) is 64.4 Å². The molecular weight excluding hydrogens is 384 g/mol. The molecule has 2 aromatic carbocycles. The Bertz CT molecular complexity index is 849. The van der Waals surface area contributed by atoms with Crippen LogP contribution in [0.4, 0.5) is 0 Å². The first-order chi connectivity index (χ1) is 13.1. The van der Waals surface area contributed by atoms with Crippen LogP contribution in [0.25, 0.3) is 0 Å². The first kappa shape index (κ1) is 19.9. The molecule has 1 saturated heterocycles. The summed E-state index contributed by atoms with van der Waals surface area (Å²) in [7, 11) is -3.49. The van der Waals surface area contributed by atoms with E-state index in [1.165, 1.54) is 16.1 Å². The molecule has 1 heterocycles. The number of nitrogens with one attached hydrogen (secondary N) is 1. The molecule has 0 atom stereocenters. The monoisotopic (exact) mass is 406 g/mol. The second kappa shape index (κ2) is 9.36. The van der Waals surface area contributed by atoms with Crippen molar-refractivity contribution in [2.75, 3.05) is 32.1 Å². The van der Waals surface area contributed by atoms with Gasteiger partial charge in [0.15, 0.2) is 0 Å². The summed E-state index contributed by atoms with van der Waals surface area (Å²) in [5, 5.41) is 2.85. The minimum Gasteiger partial charge on any atom is -0.379 e. The number of ether oxygens (including phenoxy) is 1. The number of amides is 1. The maximum Gasteiger partial charge on any atom is 0.243 e. The van der Waals surface area contributed by atoms with Gasteiger partial charge in [0.05, 0.1) is 23.9 Å². The molecule has 2 aromatic rings. The number of benzene rings is 2. The van der Waals surface area contributed by atoms with E-state index in [-0.39, 0.29) is 10.8 Å². The number of nitrogens with zero attached hydrogens (tertiary/aromatic N) is 1. The molecule has 0 aromatic heterocycles. The van der Waals surface area contributed by atoms with Crippen molar-refractivity contribution in [3.05, 3.63) is 60.2 Å². The number of hydrogen-bond acceptors (Lipinski definition) is 5. The van der Waals surface area contributed by atoms with Gasteiger partial charge in [0.25, 0.3) is 0 Å². The molecule has 0 unspecified atom stereocenters. The summed E-state index contributed by atoms with van der Waals surface area (Å²) in [6.45, 7) is 1.96. The number of morpholine rings is 1. The Morgan fingerprint density at radius 1 is 1.04 bits per heavy atom. The summed E-state index contributed by atoms with van der Waals surface area (Å²) in [5.74, 6) is 0.280. The molecule has 8 heteroatoms. The van der Waals surface area contributed by atoms with Crippen molar-refractivity contribution in [2.45, 2.75) is 16.3 Å². The molecule has 0 bridgehead atoms. The van der Waals surface area contributed by atoms with Crippen LogP contribution in [-0.4, -0.2) is 50.7 Å². The van der Waals surface area contributed by atoms with E-state index in [0.29, 0.717) is 38.6 Å². The van der Waals surface area contributed by atoms with Gasteiger partial charge in [-0.3, -0.25) is 4.79 Å². The normalized spacial score (nSPS) is 15.4. The zero-order valence-electron chi connectivity index (χ0n) is 14.8. The number of sulfonamides is 1. The number of carbonyl (C=O) groups is 1. The van der Waals surface area contributed by atoms with Gasteiger partial charge in [-0.25, -0.2) is 8.42 Å². The molecule has 27 heavy (non-hydrogen) atoms. The van der Waals surface area contributed by atoms with E-state index in [1.54, 1.807) is 24.3 Å². The van der Waals surface area contributed by atoms with E-state index in [4.69, 9.17) is 4.74 Å². The number of thioether (sulfide) groups is 1. The third-order valence-electron chi connectivity index (χ3n) is 4.13. The molecule has 0 spiro atoms. The molecule has 1 fully saturated rings. The quantitative estimate of drug-likeness (QED) is 0.713. The zero-order valence-corrected chi connectivity index (χ0v) is 16.5. The molecule has 1 aliphatic heterocycles. The van der Waals surface area contributed by atoms with E-state index >= 15 is 0 Å². The number of carbonyl (C=O) groups excluding carboxylic acids is 1. The Hall–Kier alpha value is -1.87. The van der Waals surface area contributed by atoms with Crippen molar-refractivity contribution in [1.29, 1.82) is 0 Å². The predicted octanol–water partition coefficient (Wildman–Crippen LogP) is 2.12. The Labute approximate surface area is 164 Å². The van der Waals surface area contributed by atoms with Gasteiger partial charge in [0.2, 0.25) is 15.9 Å². The molecule has 0 saturated carbocycles. The van der Waals surface area contributed by atoms with Crippen molar-refractivity contribution >= 4 is 27.7 Å². The summed E-state index contributed by atoms with van der Waals surface area (Å²) >= 11 is 1.48. The highest BCUT2D eigenvalue weighted by Crippen LogP contribution is 2.18. The Balaban J connectivity index is 1.50. The molecule has 1 aliphatic rings. The second-order valence-corrected chi connectivity index (χ2v) is 9.03. The zero-order chi connectivity index (χ0) is 19.1. The smallest absolute Gasteiger partial charge is 0.243 e. The highest BCUT2D eigenvalue weighted by Gasteiger charge is 2.26. The minimum atomic E-state index is -3.49. The van der Waals surface area contributed by atoms with E-state index in [1.807, 2.05) is 30.3 Å². The molecule has 144 valence electrons. The maximum atomic E-state index is 12.6. The van der Waals surface area contributed by atoms with Crippen LogP contribution in [0.1, 0.15) is 5.56 Å². The van der Waals surface area contributed by atoms with E-state index < -0.39 is 10.0 Å². The average molecular weight is 407 g/mol. The van der Waals surface area contributed by atoms with E-state index in [0.717, 1.165) is 10.5 Å². The van der Waals surface area contributed by atoms with Crippen molar-refractivity contribution in [2.24, 2.45) is 0 Å². The molecular formula is C19H22N2O4S2. The fourth-order valence-corrected chi connectivity index (χ4v) is 4.79. The number of rotatable bonds is 7. The predicted molar refractivity (Wildman–Crippen MR) is 105 cm³/mol. The molecule has 6 nitrogen and oxygen atoms in total. The highest BCUT2D eigenvalue weighted by molar-refractivity contribution is 8.00. The van der Waals surface area contributed by atoms with Gasteiger partial charge in [-0.1, -0.05) is 30.3 Å². The minimum absolute atomic E-state index is 0.0612. The first-order valence-corrected chi connectivity index (χ1v) is 11.1. The summed E-state index contributed by atoms with van der Waals surface area (Å²) < 4.78 is 31.8. The third-order valence-corrected chi connectivity index (χ3v) is 7.06. The molecule has 3 rings (SSSR count). The van der Waals surface area contributed by atoms with Crippen molar-refractivity contribution < 1.29 is 17.9 Å². The van der Waals surface area contributed by atoms with E-state index in [9.17, 15) is 13.2 Å². The van der Waals surface area contributed by atoms with Crippen LogP contribution in [0.5, 0.6) is 0 Å². The van der Waals surface area contributed by atoms with Gasteiger partial charge in [-0.05, 0) is 29.8 Å². The highest BCUT2D eigenvalue weighted by atomic mass is 32.2. The summed E-state index contributed by atoms with van der Waals surface area (Å²) in [4.78, 5) is 13.3. The van der Waals surface area contributed by atoms with Gasteiger partial charge in [0, 0.05) is 24.5 Å². The standard InChI is InChI=1S/C19H22N2O4S2/c22-19(15-26-17-4-2-1-3-5-17)20-14-16-6-8-18(9-7-16)27(23,24)21-10-12-25-13-11-21/h1-9H,10-15H2,(H,20,22). The van der Waals surface area contributed by atoms with Crippen LogP contribution in [0.2, 0.25) is 0 Å². The topological polar surface area (TPSA) is 75.7 Å². The van der Waals surface area contributed by atoms with Gasteiger partial charge < -0.3 is 10.1 Å². The van der Waals surface area contributed by atoms with Gasteiger partial charge in [-0.2, -0.15) is 4.31 Å². The van der Waals surface area contributed by atoms with Crippen molar-refractivity contribution in [3.63, 3.8) is 0 Å². The average Bonchev–Trinajstić information content (AvgIpc) is 2.72. The van der Waals surface area contributed by atoms with Crippen LogP contribution < -0.4 is 5.32 Å². The molecule has 1 N–H and O–H groups in total. The Kier molecular flexibility index (Phi) is 6.89. The fraction of sp³-hybridized carbons (Fsp3) is 0.316. The van der Waals surface area contributed by atoms with Gasteiger partial charge in [-0.15, -0.1) is 11.8 Å². The van der Waals surface area contributed by atoms with Gasteiger partial charge >= 0.3 is 0 Å². The van der Waals surface area contributed by atoms with Crippen LogP contribution >= 0.6 is 11.8 Å².